The first kappa shape index (κ1) is 15.6. The highest BCUT2D eigenvalue weighted by molar-refractivity contribution is 8.00. The fourth-order valence-corrected chi connectivity index (χ4v) is 4.38. The number of rotatable bonds is 3. The van der Waals surface area contributed by atoms with E-state index in [2.05, 4.69) is 0 Å². The summed E-state index contributed by atoms with van der Waals surface area (Å²) in [5.41, 5.74) is 1.08. The van der Waals surface area contributed by atoms with Crippen LogP contribution in [0.4, 0.5) is 0 Å². The number of hydrogen-bond acceptors (Lipinski definition) is 5. The summed E-state index contributed by atoms with van der Waals surface area (Å²) < 4.78 is 11.2. The number of ether oxygens (including phenoxy) is 2. The molecule has 3 aliphatic heterocycles. The zero-order valence-corrected chi connectivity index (χ0v) is 14.2. The van der Waals surface area contributed by atoms with Gasteiger partial charge in [0, 0.05) is 6.54 Å². The van der Waals surface area contributed by atoms with Crippen molar-refractivity contribution >= 4 is 23.6 Å². The van der Waals surface area contributed by atoms with Crippen LogP contribution in [0.15, 0.2) is 18.2 Å². The Morgan fingerprint density at radius 2 is 2.08 bits per heavy atom. The fraction of sp³-hybridized carbons (Fsp3) is 0.529. The SMILES string of the molecule is O=C1CSCN1CC(=O)N1CCC[C@H]1c1ccc2c(c1)OCCO2. The number of fused-ring (bicyclic) bond motifs is 1. The second kappa shape index (κ2) is 6.55. The zero-order chi connectivity index (χ0) is 16.5. The minimum atomic E-state index is 0.0308. The fourth-order valence-electron chi connectivity index (χ4n) is 3.47. The summed E-state index contributed by atoms with van der Waals surface area (Å²) >= 11 is 1.56. The molecule has 0 saturated carbocycles. The van der Waals surface area contributed by atoms with Gasteiger partial charge in [-0.15, -0.1) is 11.8 Å². The van der Waals surface area contributed by atoms with Crippen molar-refractivity contribution in [3.63, 3.8) is 0 Å². The van der Waals surface area contributed by atoms with Crippen molar-refractivity contribution in [2.75, 3.05) is 37.9 Å². The molecule has 7 heteroatoms. The Hall–Kier alpha value is -1.89. The summed E-state index contributed by atoms with van der Waals surface area (Å²) in [5.74, 6) is 2.71. The highest BCUT2D eigenvalue weighted by atomic mass is 32.2. The third-order valence-electron chi connectivity index (χ3n) is 4.68. The second-order valence-corrected chi connectivity index (χ2v) is 7.17. The first-order valence-corrected chi connectivity index (χ1v) is 9.42. The van der Waals surface area contributed by atoms with Crippen LogP contribution >= 0.6 is 11.8 Å². The number of carbonyl (C=O) groups is 2. The van der Waals surface area contributed by atoms with Crippen LogP contribution in [0.3, 0.4) is 0 Å². The van der Waals surface area contributed by atoms with Gasteiger partial charge >= 0.3 is 0 Å². The Morgan fingerprint density at radius 3 is 2.88 bits per heavy atom. The van der Waals surface area contributed by atoms with Gasteiger partial charge in [-0.05, 0) is 30.5 Å². The smallest absolute Gasteiger partial charge is 0.242 e. The number of hydrogen-bond donors (Lipinski definition) is 0. The van der Waals surface area contributed by atoms with E-state index in [0.29, 0.717) is 24.8 Å². The van der Waals surface area contributed by atoms with E-state index in [4.69, 9.17) is 9.47 Å². The molecule has 0 radical (unpaired) electrons. The predicted molar refractivity (Wildman–Crippen MR) is 90.2 cm³/mol. The van der Waals surface area contributed by atoms with E-state index in [-0.39, 0.29) is 24.4 Å². The highest BCUT2D eigenvalue weighted by Crippen LogP contribution is 2.38. The van der Waals surface area contributed by atoms with Crippen LogP contribution < -0.4 is 9.47 Å². The average molecular weight is 348 g/mol. The van der Waals surface area contributed by atoms with E-state index in [9.17, 15) is 9.59 Å². The molecule has 2 fully saturated rings. The molecular weight excluding hydrogens is 328 g/mol. The Bertz CT molecular complexity index is 666. The van der Waals surface area contributed by atoms with Crippen LogP contribution in [0.2, 0.25) is 0 Å². The van der Waals surface area contributed by atoms with Crippen LogP contribution in [0.25, 0.3) is 0 Å². The van der Waals surface area contributed by atoms with Crippen LogP contribution in [0.1, 0.15) is 24.4 Å². The van der Waals surface area contributed by atoms with Crippen LogP contribution in [-0.2, 0) is 9.59 Å². The molecule has 6 nitrogen and oxygen atoms in total. The molecule has 2 amide bonds. The standard InChI is InChI=1S/C17H20N2O4S/c20-16(9-18-11-24-10-17(18)21)19-5-1-2-13(19)12-3-4-14-15(8-12)23-7-6-22-14/h3-4,8,13H,1-2,5-7,9-11H2/t13-/m0/s1. The molecule has 0 aliphatic carbocycles. The lowest BCUT2D eigenvalue weighted by Gasteiger charge is -2.28. The molecule has 24 heavy (non-hydrogen) atoms. The minimum absolute atomic E-state index is 0.0308. The lowest BCUT2D eigenvalue weighted by molar-refractivity contribution is -0.138. The number of nitrogens with zero attached hydrogens (tertiary/aromatic N) is 2. The van der Waals surface area contributed by atoms with Gasteiger partial charge in [-0.2, -0.15) is 0 Å². The van der Waals surface area contributed by atoms with Crippen molar-refractivity contribution in [1.29, 1.82) is 0 Å². The number of benzene rings is 1. The zero-order valence-electron chi connectivity index (χ0n) is 13.4. The van der Waals surface area contributed by atoms with Crippen LogP contribution in [-0.4, -0.2) is 59.5 Å². The summed E-state index contributed by atoms with van der Waals surface area (Å²) in [6, 6.07) is 5.98. The molecule has 1 atom stereocenters. The third kappa shape index (κ3) is 2.92. The van der Waals surface area contributed by atoms with Crippen LogP contribution in [0.5, 0.6) is 11.5 Å². The molecule has 0 aromatic heterocycles. The van der Waals surface area contributed by atoms with Gasteiger partial charge in [0.2, 0.25) is 11.8 Å². The molecule has 1 aromatic rings. The molecule has 3 aliphatic rings. The van der Waals surface area contributed by atoms with Gasteiger partial charge < -0.3 is 19.3 Å². The number of likely N-dealkylation sites (tertiary alicyclic amines) is 1. The second-order valence-electron chi connectivity index (χ2n) is 6.22. The summed E-state index contributed by atoms with van der Waals surface area (Å²) in [6.07, 6.45) is 1.92. The van der Waals surface area contributed by atoms with Crippen molar-refractivity contribution < 1.29 is 19.1 Å². The van der Waals surface area contributed by atoms with Gasteiger partial charge in [-0.1, -0.05) is 6.07 Å². The maximum atomic E-state index is 12.7. The molecule has 3 heterocycles. The molecular formula is C17H20N2O4S. The Balaban J connectivity index is 1.50. The molecule has 1 aromatic carbocycles. The molecule has 0 unspecified atom stereocenters. The monoisotopic (exact) mass is 348 g/mol. The topological polar surface area (TPSA) is 59.1 Å². The van der Waals surface area contributed by atoms with Gasteiger partial charge in [0.25, 0.3) is 0 Å². The lowest BCUT2D eigenvalue weighted by Crippen LogP contribution is -2.40. The van der Waals surface area contributed by atoms with E-state index in [1.807, 2.05) is 23.1 Å². The quantitative estimate of drug-likeness (QED) is 0.831. The predicted octanol–water partition coefficient (Wildman–Crippen LogP) is 1.65. The van der Waals surface area contributed by atoms with Gasteiger partial charge in [0.15, 0.2) is 11.5 Å². The van der Waals surface area contributed by atoms with Crippen molar-refractivity contribution in [1.82, 2.24) is 9.80 Å². The molecule has 128 valence electrons. The van der Waals surface area contributed by atoms with Gasteiger partial charge in [-0.25, -0.2) is 0 Å². The maximum Gasteiger partial charge on any atom is 0.242 e. The van der Waals surface area contributed by atoms with Gasteiger partial charge in [-0.3, -0.25) is 9.59 Å². The van der Waals surface area contributed by atoms with Gasteiger partial charge in [0.1, 0.15) is 19.8 Å². The summed E-state index contributed by atoms with van der Waals surface area (Å²) in [4.78, 5) is 28.0. The third-order valence-corrected chi connectivity index (χ3v) is 5.62. The first-order chi connectivity index (χ1) is 11.7. The normalized spacial score (nSPS) is 23.0. The van der Waals surface area contributed by atoms with Crippen molar-refractivity contribution in [3.05, 3.63) is 23.8 Å². The van der Waals surface area contributed by atoms with E-state index >= 15 is 0 Å². The van der Waals surface area contributed by atoms with Crippen molar-refractivity contribution in [2.24, 2.45) is 0 Å². The Kier molecular flexibility index (Phi) is 4.26. The van der Waals surface area contributed by atoms with E-state index in [1.54, 1.807) is 16.7 Å². The summed E-state index contributed by atoms with van der Waals surface area (Å²) in [7, 11) is 0. The van der Waals surface area contributed by atoms with E-state index < -0.39 is 0 Å². The summed E-state index contributed by atoms with van der Waals surface area (Å²) in [6.45, 7) is 2.06. The number of thioether (sulfide) groups is 1. The van der Waals surface area contributed by atoms with Crippen molar-refractivity contribution in [2.45, 2.75) is 18.9 Å². The number of amides is 2. The lowest BCUT2D eigenvalue weighted by atomic mass is 10.0. The largest absolute Gasteiger partial charge is 0.486 e. The molecule has 0 N–H and O–H groups in total. The highest BCUT2D eigenvalue weighted by Gasteiger charge is 2.33. The van der Waals surface area contributed by atoms with Crippen LogP contribution in [0, 0.1) is 0 Å². The Morgan fingerprint density at radius 1 is 1.25 bits per heavy atom. The van der Waals surface area contributed by atoms with Crippen molar-refractivity contribution in [3.8, 4) is 11.5 Å². The molecule has 0 spiro atoms. The number of carbonyl (C=O) groups excluding carboxylic acids is 2. The van der Waals surface area contributed by atoms with E-state index in [0.717, 1.165) is 36.4 Å². The van der Waals surface area contributed by atoms with Gasteiger partial charge in [0.05, 0.1) is 17.7 Å². The molecule has 2 saturated heterocycles. The summed E-state index contributed by atoms with van der Waals surface area (Å²) in [5, 5.41) is 0. The maximum absolute atomic E-state index is 12.7. The first-order valence-electron chi connectivity index (χ1n) is 8.27. The average Bonchev–Trinajstić information content (AvgIpc) is 3.24. The molecule has 0 bridgehead atoms. The van der Waals surface area contributed by atoms with E-state index in [1.165, 1.54) is 0 Å². The minimum Gasteiger partial charge on any atom is -0.486 e. The Labute approximate surface area is 145 Å². The molecule has 4 rings (SSSR count).